The molecule has 0 fully saturated rings. The van der Waals surface area contributed by atoms with Crippen molar-refractivity contribution in [3.8, 4) is 17.2 Å². The van der Waals surface area contributed by atoms with Crippen molar-refractivity contribution >= 4 is 17.5 Å². The molecule has 0 radical (unpaired) electrons. The zero-order chi connectivity index (χ0) is 20.1. The molecule has 0 bridgehead atoms. The predicted octanol–water partition coefficient (Wildman–Crippen LogP) is 4.37. The standard InChI is InChI=1S/C19H17ClF3NO4/c20-15-8-13(9-16-17(15)27-6-2-5-26-16)18(25)24-10-12-3-1-4-14(7-12)28-11-19(21,22)23/h1,3-4,7-9H,2,5-6,10-11H2,(H,24,25). The van der Waals surface area contributed by atoms with E-state index in [1.165, 1.54) is 18.2 Å². The molecule has 5 nitrogen and oxygen atoms in total. The van der Waals surface area contributed by atoms with Gasteiger partial charge in [-0.1, -0.05) is 23.7 Å². The van der Waals surface area contributed by atoms with Crippen molar-refractivity contribution in [2.24, 2.45) is 0 Å². The van der Waals surface area contributed by atoms with E-state index in [0.717, 1.165) is 0 Å². The van der Waals surface area contributed by atoms with Crippen LogP contribution in [0, 0.1) is 0 Å². The van der Waals surface area contributed by atoms with E-state index in [1.807, 2.05) is 0 Å². The summed E-state index contributed by atoms with van der Waals surface area (Å²) >= 11 is 6.18. The summed E-state index contributed by atoms with van der Waals surface area (Å²) in [6, 6.07) is 9.10. The highest BCUT2D eigenvalue weighted by atomic mass is 35.5. The maximum Gasteiger partial charge on any atom is 0.422 e. The van der Waals surface area contributed by atoms with E-state index < -0.39 is 18.7 Å². The number of hydrogen-bond acceptors (Lipinski definition) is 4. The lowest BCUT2D eigenvalue weighted by molar-refractivity contribution is -0.153. The number of amides is 1. The second-order valence-electron chi connectivity index (χ2n) is 6.07. The zero-order valence-electron chi connectivity index (χ0n) is 14.6. The predicted molar refractivity (Wildman–Crippen MR) is 96.2 cm³/mol. The minimum Gasteiger partial charge on any atom is -0.489 e. The van der Waals surface area contributed by atoms with Crippen LogP contribution < -0.4 is 19.5 Å². The highest BCUT2D eigenvalue weighted by molar-refractivity contribution is 6.32. The Hall–Kier alpha value is -2.61. The van der Waals surface area contributed by atoms with Gasteiger partial charge in [-0.3, -0.25) is 4.79 Å². The number of halogens is 4. The van der Waals surface area contributed by atoms with Crippen molar-refractivity contribution in [1.82, 2.24) is 5.32 Å². The van der Waals surface area contributed by atoms with Gasteiger partial charge in [-0.2, -0.15) is 13.2 Å². The van der Waals surface area contributed by atoms with Gasteiger partial charge in [0.25, 0.3) is 5.91 Å². The van der Waals surface area contributed by atoms with Gasteiger partial charge in [-0.05, 0) is 29.8 Å². The Bertz CT molecular complexity index is 858. The fourth-order valence-corrected chi connectivity index (χ4v) is 2.82. The first-order valence-electron chi connectivity index (χ1n) is 8.48. The van der Waals surface area contributed by atoms with Crippen LogP contribution in [0.4, 0.5) is 13.2 Å². The number of benzene rings is 2. The second-order valence-corrected chi connectivity index (χ2v) is 6.48. The van der Waals surface area contributed by atoms with E-state index >= 15 is 0 Å². The van der Waals surface area contributed by atoms with Crippen molar-refractivity contribution < 1.29 is 32.2 Å². The molecular formula is C19H17ClF3NO4. The summed E-state index contributed by atoms with van der Waals surface area (Å²) in [6.45, 7) is -0.337. The number of ether oxygens (including phenoxy) is 3. The van der Waals surface area contributed by atoms with Gasteiger partial charge in [0.05, 0.1) is 18.2 Å². The van der Waals surface area contributed by atoms with Gasteiger partial charge in [-0.15, -0.1) is 0 Å². The molecule has 1 heterocycles. The minimum atomic E-state index is -4.42. The van der Waals surface area contributed by atoms with Gasteiger partial charge in [-0.25, -0.2) is 0 Å². The van der Waals surface area contributed by atoms with Crippen LogP contribution in [0.3, 0.4) is 0 Å². The average Bonchev–Trinajstić information content (AvgIpc) is 2.90. The Kier molecular flexibility index (Phi) is 6.18. The molecule has 0 atom stereocenters. The maximum atomic E-state index is 12.4. The maximum absolute atomic E-state index is 12.4. The van der Waals surface area contributed by atoms with Crippen LogP contribution in [0.2, 0.25) is 5.02 Å². The Morgan fingerprint density at radius 1 is 1.18 bits per heavy atom. The molecule has 0 unspecified atom stereocenters. The van der Waals surface area contributed by atoms with Crippen molar-refractivity contribution in [3.05, 3.63) is 52.5 Å². The third-order valence-corrected chi connectivity index (χ3v) is 4.10. The van der Waals surface area contributed by atoms with Crippen LogP contribution in [-0.2, 0) is 6.54 Å². The molecule has 0 aliphatic carbocycles. The first kappa shape index (κ1) is 20.1. The summed E-state index contributed by atoms with van der Waals surface area (Å²) in [5.74, 6) is 0.477. The van der Waals surface area contributed by atoms with Crippen LogP contribution >= 0.6 is 11.6 Å². The molecule has 1 N–H and O–H groups in total. The Morgan fingerprint density at radius 3 is 2.75 bits per heavy atom. The first-order valence-corrected chi connectivity index (χ1v) is 8.85. The van der Waals surface area contributed by atoms with Crippen LogP contribution in [0.1, 0.15) is 22.3 Å². The SMILES string of the molecule is O=C(NCc1cccc(OCC(F)(F)F)c1)c1cc(Cl)c2c(c1)OCCCO2. The smallest absolute Gasteiger partial charge is 0.422 e. The zero-order valence-corrected chi connectivity index (χ0v) is 15.4. The average molecular weight is 416 g/mol. The molecule has 1 aliphatic rings. The van der Waals surface area contributed by atoms with Gasteiger partial charge < -0.3 is 19.5 Å². The van der Waals surface area contributed by atoms with Gasteiger partial charge in [0.1, 0.15) is 5.75 Å². The first-order chi connectivity index (χ1) is 13.3. The minimum absolute atomic E-state index is 0.0719. The van der Waals surface area contributed by atoms with Crippen molar-refractivity contribution in [2.45, 2.75) is 19.1 Å². The molecular weight excluding hydrogens is 399 g/mol. The topological polar surface area (TPSA) is 56.8 Å². The molecule has 0 aromatic heterocycles. The number of rotatable bonds is 5. The molecule has 1 amide bonds. The monoisotopic (exact) mass is 415 g/mol. The molecule has 0 saturated carbocycles. The largest absolute Gasteiger partial charge is 0.489 e. The Labute approximate surface area is 164 Å². The molecule has 150 valence electrons. The van der Waals surface area contributed by atoms with E-state index in [-0.39, 0.29) is 17.3 Å². The molecule has 3 rings (SSSR count). The highest BCUT2D eigenvalue weighted by Crippen LogP contribution is 2.38. The normalized spacial score (nSPS) is 13.6. The summed E-state index contributed by atoms with van der Waals surface area (Å²) in [4.78, 5) is 12.4. The summed E-state index contributed by atoms with van der Waals surface area (Å²) in [7, 11) is 0. The quantitative estimate of drug-likeness (QED) is 0.787. The van der Waals surface area contributed by atoms with Crippen molar-refractivity contribution in [3.63, 3.8) is 0 Å². The summed E-state index contributed by atoms with van der Waals surface area (Å²) < 4.78 is 52.5. The number of hydrogen-bond donors (Lipinski definition) is 1. The Morgan fingerprint density at radius 2 is 1.96 bits per heavy atom. The van der Waals surface area contributed by atoms with E-state index in [0.29, 0.717) is 42.3 Å². The van der Waals surface area contributed by atoms with Crippen LogP contribution in [-0.4, -0.2) is 31.9 Å². The van der Waals surface area contributed by atoms with Crippen molar-refractivity contribution in [1.29, 1.82) is 0 Å². The number of carbonyl (C=O) groups excluding carboxylic acids is 1. The van der Waals surface area contributed by atoms with E-state index in [4.69, 9.17) is 25.8 Å². The van der Waals surface area contributed by atoms with Gasteiger partial charge in [0, 0.05) is 18.5 Å². The number of nitrogens with one attached hydrogen (secondary N) is 1. The van der Waals surface area contributed by atoms with Gasteiger partial charge >= 0.3 is 6.18 Å². The van der Waals surface area contributed by atoms with E-state index in [9.17, 15) is 18.0 Å². The lowest BCUT2D eigenvalue weighted by atomic mass is 10.1. The van der Waals surface area contributed by atoms with Gasteiger partial charge in [0.2, 0.25) is 0 Å². The van der Waals surface area contributed by atoms with Crippen LogP contribution in [0.25, 0.3) is 0 Å². The van der Waals surface area contributed by atoms with Crippen LogP contribution in [0.15, 0.2) is 36.4 Å². The van der Waals surface area contributed by atoms with E-state index in [2.05, 4.69) is 5.32 Å². The van der Waals surface area contributed by atoms with Gasteiger partial charge in [0.15, 0.2) is 18.1 Å². The molecule has 0 spiro atoms. The molecule has 0 saturated heterocycles. The molecule has 2 aromatic rings. The number of carbonyl (C=O) groups is 1. The van der Waals surface area contributed by atoms with Crippen LogP contribution in [0.5, 0.6) is 17.2 Å². The Balaban J connectivity index is 1.64. The van der Waals surface area contributed by atoms with E-state index in [1.54, 1.807) is 18.2 Å². The molecule has 28 heavy (non-hydrogen) atoms. The fraction of sp³-hybridized carbons (Fsp3) is 0.316. The number of fused-ring (bicyclic) bond motifs is 1. The highest BCUT2D eigenvalue weighted by Gasteiger charge is 2.28. The van der Waals surface area contributed by atoms with Crippen molar-refractivity contribution in [2.75, 3.05) is 19.8 Å². The summed E-state index contributed by atoms with van der Waals surface area (Å²) in [6.07, 6.45) is -3.71. The summed E-state index contributed by atoms with van der Waals surface area (Å²) in [5, 5.41) is 2.96. The molecule has 2 aromatic carbocycles. The molecule has 9 heteroatoms. The summed E-state index contributed by atoms with van der Waals surface area (Å²) in [5.41, 5.74) is 0.882. The third kappa shape index (κ3) is 5.45. The number of alkyl halides is 3. The fourth-order valence-electron chi connectivity index (χ4n) is 2.56. The molecule has 1 aliphatic heterocycles. The third-order valence-electron chi connectivity index (χ3n) is 3.82. The lowest BCUT2D eigenvalue weighted by Crippen LogP contribution is -2.23. The second kappa shape index (κ2) is 8.60. The lowest BCUT2D eigenvalue weighted by Gasteiger charge is -2.12.